The Morgan fingerprint density at radius 1 is 1.38 bits per heavy atom. The number of halogens is 4. The predicted molar refractivity (Wildman–Crippen MR) is 52.5 cm³/mol. The molecule has 1 heterocycles. The van der Waals surface area contributed by atoms with Crippen LogP contribution in [0.15, 0.2) is 18.3 Å². The van der Waals surface area contributed by atoms with Gasteiger partial charge in [-0.15, -0.1) is 0 Å². The molecule has 90 valence electrons. The first-order valence-corrected chi connectivity index (χ1v) is 6.42. The van der Waals surface area contributed by atoms with Gasteiger partial charge in [-0.1, -0.05) is 6.07 Å². The molecule has 0 aliphatic rings. The number of aromatic nitrogens is 1. The Balaban J connectivity index is 3.29. The summed E-state index contributed by atoms with van der Waals surface area (Å²) in [4.78, 5) is 3.60. The normalized spacial score (nSPS) is 14.8. The highest BCUT2D eigenvalue weighted by atomic mass is 35.7. The maximum atomic E-state index is 12.5. The lowest BCUT2D eigenvalue weighted by Crippen LogP contribution is -2.25. The summed E-state index contributed by atoms with van der Waals surface area (Å²) in [6, 6.07) is 2.33. The summed E-state index contributed by atoms with van der Waals surface area (Å²) in [7, 11) is 0.00129. The van der Waals surface area contributed by atoms with Crippen LogP contribution >= 0.6 is 10.7 Å². The summed E-state index contributed by atoms with van der Waals surface area (Å²) in [6.07, 6.45) is -4.11. The maximum absolute atomic E-state index is 12.5. The second kappa shape index (κ2) is 4.21. The Bertz CT molecular complexity index is 469. The molecule has 8 heteroatoms. The fraction of sp³-hybridized carbons (Fsp3) is 0.375. The van der Waals surface area contributed by atoms with Crippen molar-refractivity contribution >= 4 is 19.7 Å². The van der Waals surface area contributed by atoms with Crippen molar-refractivity contribution in [1.29, 1.82) is 0 Å². The topological polar surface area (TPSA) is 47.0 Å². The molecule has 0 aliphatic heterocycles. The van der Waals surface area contributed by atoms with E-state index in [4.69, 9.17) is 10.7 Å². The third kappa shape index (κ3) is 3.08. The molecule has 0 aliphatic carbocycles. The molecule has 0 aromatic carbocycles. The Morgan fingerprint density at radius 3 is 2.25 bits per heavy atom. The van der Waals surface area contributed by atoms with Crippen LogP contribution in [0.3, 0.4) is 0 Å². The van der Waals surface area contributed by atoms with E-state index in [1.807, 2.05) is 0 Å². The van der Waals surface area contributed by atoms with Crippen molar-refractivity contribution in [3.63, 3.8) is 0 Å². The van der Waals surface area contributed by atoms with E-state index in [1.165, 1.54) is 6.07 Å². The Kier molecular flexibility index (Phi) is 3.49. The first kappa shape index (κ1) is 13.2. The van der Waals surface area contributed by atoms with Gasteiger partial charge >= 0.3 is 6.18 Å². The number of aryl methyl sites for hydroxylation is 1. The largest absolute Gasteiger partial charge is 0.410 e. The van der Waals surface area contributed by atoms with E-state index in [0.29, 0.717) is 5.69 Å². The van der Waals surface area contributed by atoms with E-state index >= 15 is 0 Å². The number of pyridine rings is 1. The number of rotatable bonds is 2. The quantitative estimate of drug-likeness (QED) is 0.778. The molecule has 0 bridgehead atoms. The van der Waals surface area contributed by atoms with Crippen LogP contribution in [0.2, 0.25) is 0 Å². The Morgan fingerprint density at radius 2 is 1.94 bits per heavy atom. The van der Waals surface area contributed by atoms with Crippen LogP contribution in [-0.4, -0.2) is 19.6 Å². The predicted octanol–water partition coefficient (Wildman–Crippen LogP) is 2.56. The van der Waals surface area contributed by atoms with Crippen LogP contribution in [0.1, 0.15) is 16.5 Å². The summed E-state index contributed by atoms with van der Waals surface area (Å²) in [5.74, 6) is 0. The van der Waals surface area contributed by atoms with Crippen molar-refractivity contribution < 1.29 is 21.6 Å². The maximum Gasteiger partial charge on any atom is 0.410 e. The van der Waals surface area contributed by atoms with Crippen molar-refractivity contribution in [2.45, 2.75) is 18.3 Å². The first-order chi connectivity index (χ1) is 7.12. The second-order valence-corrected chi connectivity index (χ2v) is 5.84. The van der Waals surface area contributed by atoms with E-state index < -0.39 is 26.0 Å². The zero-order valence-corrected chi connectivity index (χ0v) is 9.57. The van der Waals surface area contributed by atoms with Crippen LogP contribution in [0.4, 0.5) is 13.2 Å². The van der Waals surface area contributed by atoms with Gasteiger partial charge in [-0.3, -0.25) is 4.98 Å². The molecule has 0 saturated carbocycles. The Hall–Kier alpha value is -0.820. The molecular formula is C8H7ClF3NO2S. The molecule has 0 spiro atoms. The van der Waals surface area contributed by atoms with Crippen molar-refractivity contribution in [1.82, 2.24) is 4.98 Å². The van der Waals surface area contributed by atoms with E-state index in [1.54, 1.807) is 6.92 Å². The molecule has 1 aromatic heterocycles. The fourth-order valence-electron chi connectivity index (χ4n) is 1.15. The highest BCUT2D eigenvalue weighted by molar-refractivity contribution is 8.14. The van der Waals surface area contributed by atoms with Gasteiger partial charge in [-0.2, -0.15) is 13.2 Å². The van der Waals surface area contributed by atoms with Gasteiger partial charge in [0.05, 0.1) is 0 Å². The second-order valence-electron chi connectivity index (χ2n) is 3.13. The average molecular weight is 274 g/mol. The Labute approximate surface area is 94.7 Å². The van der Waals surface area contributed by atoms with E-state index in [-0.39, 0.29) is 0 Å². The molecule has 0 amide bonds. The minimum Gasteiger partial charge on any atom is -0.261 e. The van der Waals surface area contributed by atoms with E-state index in [9.17, 15) is 21.6 Å². The molecule has 1 unspecified atom stereocenters. The van der Waals surface area contributed by atoms with Gasteiger partial charge in [-0.25, -0.2) is 8.42 Å². The molecular weight excluding hydrogens is 267 g/mol. The highest BCUT2D eigenvalue weighted by Gasteiger charge is 2.49. The van der Waals surface area contributed by atoms with Crippen LogP contribution in [0.5, 0.6) is 0 Å². The number of hydrogen-bond acceptors (Lipinski definition) is 3. The molecule has 3 nitrogen and oxygen atoms in total. The van der Waals surface area contributed by atoms with Crippen molar-refractivity contribution in [2.75, 3.05) is 0 Å². The molecule has 0 N–H and O–H groups in total. The summed E-state index contributed by atoms with van der Waals surface area (Å²) in [5.41, 5.74) is -0.00950. The van der Waals surface area contributed by atoms with Crippen LogP contribution < -0.4 is 0 Å². The third-order valence-electron chi connectivity index (χ3n) is 1.82. The summed E-state index contributed by atoms with van der Waals surface area (Å²) >= 11 is 0. The molecule has 0 radical (unpaired) electrons. The molecule has 0 fully saturated rings. The lowest BCUT2D eigenvalue weighted by molar-refractivity contribution is -0.131. The lowest BCUT2D eigenvalue weighted by atomic mass is 10.2. The monoisotopic (exact) mass is 273 g/mol. The van der Waals surface area contributed by atoms with Crippen molar-refractivity contribution in [2.24, 2.45) is 0 Å². The summed E-state index contributed by atoms with van der Waals surface area (Å²) in [5, 5.41) is -2.74. The minimum atomic E-state index is -4.96. The minimum absolute atomic E-state index is 0.483. The molecule has 0 saturated heterocycles. The van der Waals surface area contributed by atoms with Gasteiger partial charge < -0.3 is 0 Å². The number of hydrogen-bond donors (Lipinski definition) is 0. The molecule has 1 aromatic rings. The van der Waals surface area contributed by atoms with Crippen LogP contribution in [0, 0.1) is 6.92 Å². The SMILES string of the molecule is Cc1ccc(C(C(F)(F)F)S(=O)(=O)Cl)cn1. The van der Waals surface area contributed by atoms with Gasteiger partial charge in [0.2, 0.25) is 9.05 Å². The van der Waals surface area contributed by atoms with Gasteiger partial charge in [0.15, 0.2) is 5.25 Å². The van der Waals surface area contributed by atoms with Gasteiger partial charge in [0.1, 0.15) is 0 Å². The zero-order valence-electron chi connectivity index (χ0n) is 7.99. The van der Waals surface area contributed by atoms with E-state index in [2.05, 4.69) is 4.98 Å². The first-order valence-electron chi connectivity index (χ1n) is 4.05. The standard InChI is InChI=1S/C8H7ClF3NO2S/c1-5-2-3-6(4-13-5)7(8(10,11)12)16(9,14)15/h2-4,7H,1H3. The summed E-state index contributed by atoms with van der Waals surface area (Å²) < 4.78 is 59.3. The lowest BCUT2D eigenvalue weighted by Gasteiger charge is -2.17. The van der Waals surface area contributed by atoms with Crippen molar-refractivity contribution in [3.8, 4) is 0 Å². The van der Waals surface area contributed by atoms with Crippen molar-refractivity contribution in [3.05, 3.63) is 29.6 Å². The van der Waals surface area contributed by atoms with Gasteiger partial charge in [0.25, 0.3) is 0 Å². The highest BCUT2D eigenvalue weighted by Crippen LogP contribution is 2.40. The smallest absolute Gasteiger partial charge is 0.261 e. The number of alkyl halides is 3. The van der Waals surface area contributed by atoms with Crippen LogP contribution in [0.25, 0.3) is 0 Å². The molecule has 16 heavy (non-hydrogen) atoms. The summed E-state index contributed by atoms with van der Waals surface area (Å²) in [6.45, 7) is 1.57. The molecule has 1 atom stereocenters. The fourth-order valence-corrected chi connectivity index (χ4v) is 2.54. The third-order valence-corrected chi connectivity index (χ3v) is 3.45. The molecule has 1 rings (SSSR count). The van der Waals surface area contributed by atoms with Crippen LogP contribution in [-0.2, 0) is 9.05 Å². The van der Waals surface area contributed by atoms with Gasteiger partial charge in [0, 0.05) is 22.6 Å². The number of nitrogens with zero attached hydrogens (tertiary/aromatic N) is 1. The van der Waals surface area contributed by atoms with E-state index in [0.717, 1.165) is 12.3 Å². The zero-order chi connectivity index (χ0) is 12.6. The average Bonchev–Trinajstić information content (AvgIpc) is 2.03. The van der Waals surface area contributed by atoms with Gasteiger partial charge in [-0.05, 0) is 18.6 Å².